The first-order valence-electron chi connectivity index (χ1n) is 10.6. The predicted molar refractivity (Wildman–Crippen MR) is 105 cm³/mol. The zero-order chi connectivity index (χ0) is 19.0. The summed E-state index contributed by atoms with van der Waals surface area (Å²) < 4.78 is 5.90. The van der Waals surface area contributed by atoms with Gasteiger partial charge >= 0.3 is 5.97 Å². The van der Waals surface area contributed by atoms with Crippen molar-refractivity contribution >= 4 is 5.97 Å². The van der Waals surface area contributed by atoms with Gasteiger partial charge in [-0.1, -0.05) is 24.1 Å². The van der Waals surface area contributed by atoms with Crippen LogP contribution in [-0.2, 0) is 16.0 Å². The van der Waals surface area contributed by atoms with Gasteiger partial charge in [0.1, 0.15) is 12.0 Å². The number of allylic oxidation sites excluding steroid dienone is 2. The van der Waals surface area contributed by atoms with Crippen LogP contribution < -0.4 is 4.90 Å². The summed E-state index contributed by atoms with van der Waals surface area (Å²) in [6, 6.07) is 6.07. The Labute approximate surface area is 163 Å². The van der Waals surface area contributed by atoms with Gasteiger partial charge in [-0.05, 0) is 56.6 Å². The molecule has 0 radical (unpaired) electrons. The van der Waals surface area contributed by atoms with E-state index in [1.165, 1.54) is 24.2 Å². The molecule has 2 aliphatic carbocycles. The molecule has 1 saturated heterocycles. The maximum Gasteiger partial charge on any atom is 0.315 e. The van der Waals surface area contributed by atoms with E-state index in [9.17, 15) is 4.79 Å². The van der Waals surface area contributed by atoms with Crippen molar-refractivity contribution in [1.82, 2.24) is 4.98 Å². The molecule has 1 N–H and O–H groups in total. The number of carbonyl (C=O) groups excluding carboxylic acids is 1. The Kier molecular flexibility index (Phi) is 5.11. The molecular weight excluding hydrogens is 336 g/mol. The van der Waals surface area contributed by atoms with Crippen molar-refractivity contribution in [2.45, 2.75) is 58.5 Å². The van der Waals surface area contributed by atoms with Crippen LogP contribution in [-0.4, -0.2) is 37.2 Å². The molecule has 0 bridgehead atoms. The van der Waals surface area contributed by atoms with Crippen molar-refractivity contribution in [2.75, 3.05) is 20.1 Å². The lowest BCUT2D eigenvalue weighted by Gasteiger charge is -2.45. The minimum Gasteiger partial charge on any atom is -0.462 e. The predicted octanol–water partition coefficient (Wildman–Crippen LogP) is 2.60. The van der Waals surface area contributed by atoms with E-state index >= 15 is 0 Å². The van der Waals surface area contributed by atoms with E-state index < -0.39 is 0 Å². The summed E-state index contributed by atoms with van der Waals surface area (Å²) in [4.78, 5) is 18.5. The van der Waals surface area contributed by atoms with Crippen LogP contribution in [0, 0.1) is 17.3 Å². The first kappa shape index (κ1) is 18.7. The Morgan fingerprint density at radius 1 is 1.37 bits per heavy atom. The van der Waals surface area contributed by atoms with E-state index in [1.54, 1.807) is 11.1 Å². The molecule has 3 aliphatic rings. The molecule has 2 heterocycles. The molecule has 1 aliphatic heterocycles. The molecule has 146 valence electrons. The summed E-state index contributed by atoms with van der Waals surface area (Å²) in [5, 5.41) is 0. The third kappa shape index (κ3) is 3.69. The Morgan fingerprint density at radius 2 is 2.22 bits per heavy atom. The monoisotopic (exact) mass is 369 g/mol. The quantitative estimate of drug-likeness (QED) is 0.641. The van der Waals surface area contributed by atoms with Gasteiger partial charge in [0.2, 0.25) is 0 Å². The highest BCUT2D eigenvalue weighted by Gasteiger charge is 2.53. The molecule has 27 heavy (non-hydrogen) atoms. The van der Waals surface area contributed by atoms with E-state index in [0.29, 0.717) is 5.92 Å². The molecule has 4 heteroatoms. The second kappa shape index (κ2) is 7.38. The number of hydrogen-bond donors (Lipinski definition) is 1. The van der Waals surface area contributed by atoms with Crippen molar-refractivity contribution < 1.29 is 14.4 Å². The standard InChI is InChI=1S/C23H32N2O2/c1-16-7-6-10-23(2)14-21-18(13-20(16)23)19(22(26)27-21)15-25(3)12-9-17-8-4-5-11-24-17/h4-5,8,11,18-19,21H,6-7,9-10,12-15H2,1-3H3/p+1/t18-,19+,21-,23-/m1/s1. The van der Waals surface area contributed by atoms with E-state index in [-0.39, 0.29) is 23.4 Å². The van der Waals surface area contributed by atoms with Gasteiger partial charge in [0.25, 0.3) is 0 Å². The number of nitrogens with zero attached hydrogens (tertiary/aromatic N) is 1. The minimum absolute atomic E-state index is 0.0442. The van der Waals surface area contributed by atoms with Crippen LogP contribution in [0.5, 0.6) is 0 Å². The maximum atomic E-state index is 12.7. The lowest BCUT2D eigenvalue weighted by molar-refractivity contribution is -0.882. The topological polar surface area (TPSA) is 43.6 Å². The normalized spacial score (nSPS) is 34.0. The van der Waals surface area contributed by atoms with Gasteiger partial charge in [0.05, 0.1) is 20.1 Å². The first-order chi connectivity index (χ1) is 13.0. The molecule has 4 nitrogen and oxygen atoms in total. The summed E-state index contributed by atoms with van der Waals surface area (Å²) >= 11 is 0. The van der Waals surface area contributed by atoms with Gasteiger partial charge in [-0.15, -0.1) is 0 Å². The molecular formula is C23H33N2O2+. The molecule has 4 rings (SSSR count). The highest BCUT2D eigenvalue weighted by molar-refractivity contribution is 5.75. The van der Waals surface area contributed by atoms with E-state index in [0.717, 1.165) is 38.0 Å². The molecule has 5 atom stereocenters. The molecule has 0 aromatic carbocycles. The molecule has 0 amide bonds. The third-order valence-corrected chi connectivity index (χ3v) is 7.28. The Morgan fingerprint density at radius 3 is 3.00 bits per heavy atom. The molecule has 1 aromatic rings. The second-order valence-corrected chi connectivity index (χ2v) is 9.31. The second-order valence-electron chi connectivity index (χ2n) is 9.31. The van der Waals surface area contributed by atoms with Crippen molar-refractivity contribution in [3.05, 3.63) is 41.2 Å². The van der Waals surface area contributed by atoms with Gasteiger partial charge in [-0.3, -0.25) is 9.78 Å². The number of pyridine rings is 1. The largest absolute Gasteiger partial charge is 0.462 e. The number of fused-ring (bicyclic) bond motifs is 2. The van der Waals surface area contributed by atoms with E-state index in [1.807, 2.05) is 18.3 Å². The van der Waals surface area contributed by atoms with Crippen molar-refractivity contribution in [2.24, 2.45) is 17.3 Å². The fourth-order valence-electron chi connectivity index (χ4n) is 5.71. The molecule has 1 saturated carbocycles. The van der Waals surface area contributed by atoms with Crippen LogP contribution in [0.3, 0.4) is 0 Å². The Hall–Kier alpha value is -1.68. The summed E-state index contributed by atoms with van der Waals surface area (Å²) in [7, 11) is 2.20. The lowest BCUT2D eigenvalue weighted by atomic mass is 9.59. The van der Waals surface area contributed by atoms with Gasteiger partial charge in [0, 0.05) is 24.2 Å². The number of hydrogen-bond acceptors (Lipinski definition) is 3. The summed E-state index contributed by atoms with van der Waals surface area (Å²) in [6.07, 6.45) is 8.79. The summed E-state index contributed by atoms with van der Waals surface area (Å²) in [6.45, 7) is 6.57. The van der Waals surface area contributed by atoms with Gasteiger partial charge in [-0.2, -0.15) is 0 Å². The van der Waals surface area contributed by atoms with Crippen LogP contribution >= 0.6 is 0 Å². The van der Waals surface area contributed by atoms with Crippen molar-refractivity contribution in [1.29, 1.82) is 0 Å². The Bertz CT molecular complexity index is 729. The average molecular weight is 370 g/mol. The number of quaternary nitrogens is 1. The average Bonchev–Trinajstić information content (AvgIpc) is 2.93. The van der Waals surface area contributed by atoms with Crippen LogP contribution in [0.15, 0.2) is 35.5 Å². The van der Waals surface area contributed by atoms with Crippen molar-refractivity contribution in [3.8, 4) is 0 Å². The van der Waals surface area contributed by atoms with Crippen LogP contribution in [0.2, 0.25) is 0 Å². The minimum atomic E-state index is 0.0442. The smallest absolute Gasteiger partial charge is 0.315 e. The number of ether oxygens (including phenoxy) is 1. The van der Waals surface area contributed by atoms with Crippen molar-refractivity contribution in [3.63, 3.8) is 0 Å². The van der Waals surface area contributed by atoms with E-state index in [4.69, 9.17) is 4.74 Å². The van der Waals surface area contributed by atoms with Crippen LogP contribution in [0.4, 0.5) is 0 Å². The zero-order valence-corrected chi connectivity index (χ0v) is 17.0. The number of aromatic nitrogens is 1. The maximum absolute atomic E-state index is 12.7. The highest BCUT2D eigenvalue weighted by atomic mass is 16.6. The SMILES string of the molecule is CC1=C2C[C@@H]3[C@H](C[NH+](C)CCc4ccccn4)C(=O)O[C@@H]3C[C@@]2(C)CCC1. The number of esters is 1. The highest BCUT2D eigenvalue weighted by Crippen LogP contribution is 2.54. The first-order valence-corrected chi connectivity index (χ1v) is 10.6. The number of carbonyl (C=O) groups is 1. The molecule has 1 unspecified atom stereocenters. The summed E-state index contributed by atoms with van der Waals surface area (Å²) in [5.74, 6) is 0.464. The van der Waals surface area contributed by atoms with Crippen LogP contribution in [0.1, 0.15) is 51.6 Å². The zero-order valence-electron chi connectivity index (χ0n) is 17.0. The van der Waals surface area contributed by atoms with Gasteiger partial charge < -0.3 is 9.64 Å². The fraction of sp³-hybridized carbons (Fsp3) is 0.652. The number of likely N-dealkylation sites (N-methyl/N-ethyl adjacent to an activating group) is 1. The molecule has 1 aromatic heterocycles. The number of nitrogens with one attached hydrogen (secondary N) is 1. The van der Waals surface area contributed by atoms with E-state index in [2.05, 4.69) is 31.9 Å². The Balaban J connectivity index is 1.42. The summed E-state index contributed by atoms with van der Waals surface area (Å²) in [5.41, 5.74) is 4.61. The third-order valence-electron chi connectivity index (χ3n) is 7.28. The van der Waals surface area contributed by atoms with Gasteiger partial charge in [0.15, 0.2) is 0 Å². The van der Waals surface area contributed by atoms with Gasteiger partial charge in [-0.25, -0.2) is 0 Å². The molecule has 0 spiro atoms. The lowest BCUT2D eigenvalue weighted by Crippen LogP contribution is -3.10. The number of rotatable bonds is 5. The van der Waals surface area contributed by atoms with Crippen LogP contribution in [0.25, 0.3) is 0 Å². The fourth-order valence-corrected chi connectivity index (χ4v) is 5.71. The molecule has 2 fully saturated rings.